The number of aromatic amines is 1. The van der Waals surface area contributed by atoms with Gasteiger partial charge < -0.3 is 15.2 Å². The molecule has 23 heavy (non-hydrogen) atoms. The van der Waals surface area contributed by atoms with E-state index in [1.54, 1.807) is 19.2 Å². The molecule has 3 amide bonds. The lowest BCUT2D eigenvalue weighted by atomic mass is 10.1. The minimum absolute atomic E-state index is 0.104. The normalized spacial score (nSPS) is 17.4. The van der Waals surface area contributed by atoms with Crippen molar-refractivity contribution in [1.29, 1.82) is 0 Å². The zero-order chi connectivity index (χ0) is 16.2. The Morgan fingerprint density at radius 2 is 2.35 bits per heavy atom. The third-order valence-corrected chi connectivity index (χ3v) is 4.05. The minimum Gasteiger partial charge on any atom is -0.345 e. The summed E-state index contributed by atoms with van der Waals surface area (Å²) in [5, 5.41) is 5.46. The van der Waals surface area contributed by atoms with E-state index in [2.05, 4.69) is 25.6 Å². The van der Waals surface area contributed by atoms with Crippen LogP contribution in [0.15, 0.2) is 18.5 Å². The topological polar surface area (TPSA) is 103 Å². The minimum atomic E-state index is -0.318. The predicted octanol–water partition coefficient (Wildman–Crippen LogP) is 1.48. The van der Waals surface area contributed by atoms with Crippen molar-refractivity contribution >= 4 is 28.9 Å². The molecule has 0 aliphatic carbocycles. The number of likely N-dealkylation sites (tertiary alicyclic amines) is 1. The largest absolute Gasteiger partial charge is 0.345 e. The number of anilines is 1. The number of nitrogens with one attached hydrogen (secondary N) is 3. The molecule has 0 saturated carbocycles. The quantitative estimate of drug-likeness (QED) is 0.795. The molecule has 1 atom stereocenters. The summed E-state index contributed by atoms with van der Waals surface area (Å²) in [5.41, 5.74) is 1.38. The van der Waals surface area contributed by atoms with E-state index >= 15 is 0 Å². The van der Waals surface area contributed by atoms with Crippen molar-refractivity contribution in [3.8, 4) is 0 Å². The van der Waals surface area contributed by atoms with Gasteiger partial charge in [-0.05, 0) is 25.3 Å². The van der Waals surface area contributed by atoms with Crippen molar-refractivity contribution < 1.29 is 9.59 Å². The Morgan fingerprint density at radius 3 is 3.17 bits per heavy atom. The fourth-order valence-corrected chi connectivity index (χ4v) is 2.95. The lowest BCUT2D eigenvalue weighted by Crippen LogP contribution is -2.37. The Labute approximate surface area is 133 Å². The van der Waals surface area contributed by atoms with Gasteiger partial charge in [-0.2, -0.15) is 0 Å². The molecule has 8 nitrogen and oxygen atoms in total. The second-order valence-electron chi connectivity index (χ2n) is 5.64. The van der Waals surface area contributed by atoms with Gasteiger partial charge in [0.15, 0.2) is 11.5 Å². The zero-order valence-electron chi connectivity index (χ0n) is 13.0. The van der Waals surface area contributed by atoms with E-state index in [1.807, 2.05) is 4.90 Å². The maximum absolute atomic E-state index is 11.9. The van der Waals surface area contributed by atoms with Gasteiger partial charge in [0.1, 0.15) is 5.52 Å². The van der Waals surface area contributed by atoms with Crippen LogP contribution in [0.4, 0.5) is 10.6 Å². The fraction of sp³-hybridized carbons (Fsp3) is 0.467. The molecule has 0 radical (unpaired) electrons. The fourth-order valence-electron chi connectivity index (χ4n) is 2.95. The highest BCUT2D eigenvalue weighted by molar-refractivity contribution is 5.89. The molecule has 3 heterocycles. The standard InChI is InChI=1S/C15H20N6O2/c1-10(22)21-8-2-3-11(21)4-6-17-15(23)20-13-9-18-14-12(19-13)5-7-16-14/h5,7,9,11H,2-4,6,8H2,1H3,(H,16,18)(H2,17,19,20,23). The summed E-state index contributed by atoms with van der Waals surface area (Å²) in [6, 6.07) is 1.70. The number of urea groups is 1. The number of hydrogen-bond acceptors (Lipinski definition) is 4. The summed E-state index contributed by atoms with van der Waals surface area (Å²) >= 11 is 0. The van der Waals surface area contributed by atoms with Crippen molar-refractivity contribution in [2.45, 2.75) is 32.2 Å². The van der Waals surface area contributed by atoms with Crippen molar-refractivity contribution in [3.05, 3.63) is 18.5 Å². The molecule has 1 unspecified atom stereocenters. The Morgan fingerprint density at radius 1 is 1.48 bits per heavy atom. The number of fused-ring (bicyclic) bond motifs is 1. The summed E-state index contributed by atoms with van der Waals surface area (Å²) < 4.78 is 0. The molecule has 1 fully saturated rings. The van der Waals surface area contributed by atoms with Crippen molar-refractivity contribution in [2.24, 2.45) is 0 Å². The molecule has 122 valence electrons. The maximum Gasteiger partial charge on any atom is 0.320 e. The van der Waals surface area contributed by atoms with E-state index in [4.69, 9.17) is 0 Å². The van der Waals surface area contributed by atoms with Gasteiger partial charge in [-0.1, -0.05) is 0 Å². The highest BCUT2D eigenvalue weighted by atomic mass is 16.2. The average molecular weight is 316 g/mol. The first-order chi connectivity index (χ1) is 11.1. The second-order valence-corrected chi connectivity index (χ2v) is 5.64. The number of nitrogens with zero attached hydrogens (tertiary/aromatic N) is 3. The first-order valence-electron chi connectivity index (χ1n) is 7.75. The number of aromatic nitrogens is 3. The molecule has 1 aliphatic rings. The molecule has 2 aromatic heterocycles. The molecule has 0 spiro atoms. The van der Waals surface area contributed by atoms with E-state index in [0.717, 1.165) is 25.8 Å². The first kappa shape index (κ1) is 15.3. The predicted molar refractivity (Wildman–Crippen MR) is 85.9 cm³/mol. The van der Waals surface area contributed by atoms with Crippen LogP contribution in [0, 0.1) is 0 Å². The van der Waals surface area contributed by atoms with Crippen LogP contribution >= 0.6 is 0 Å². The number of hydrogen-bond donors (Lipinski definition) is 3. The smallest absolute Gasteiger partial charge is 0.320 e. The third kappa shape index (κ3) is 3.58. The van der Waals surface area contributed by atoms with E-state index in [-0.39, 0.29) is 18.0 Å². The van der Waals surface area contributed by atoms with Gasteiger partial charge in [0.2, 0.25) is 5.91 Å². The number of H-pyrrole nitrogens is 1. The van der Waals surface area contributed by atoms with E-state index in [0.29, 0.717) is 23.5 Å². The zero-order valence-corrected chi connectivity index (χ0v) is 13.0. The van der Waals surface area contributed by atoms with Crippen LogP contribution in [0.3, 0.4) is 0 Å². The second kappa shape index (κ2) is 6.64. The summed E-state index contributed by atoms with van der Waals surface area (Å²) in [4.78, 5) is 36.6. The molecular weight excluding hydrogens is 296 g/mol. The lowest BCUT2D eigenvalue weighted by Gasteiger charge is -2.23. The molecule has 0 aromatic carbocycles. The van der Waals surface area contributed by atoms with Gasteiger partial charge in [-0.3, -0.25) is 10.1 Å². The molecular formula is C15H20N6O2. The first-order valence-corrected chi connectivity index (χ1v) is 7.75. The van der Waals surface area contributed by atoms with Gasteiger partial charge in [0, 0.05) is 32.3 Å². The molecule has 8 heteroatoms. The van der Waals surface area contributed by atoms with Crippen LogP contribution < -0.4 is 10.6 Å². The Hall–Kier alpha value is -2.64. The Kier molecular flexibility index (Phi) is 4.40. The molecule has 0 bridgehead atoms. The molecule has 3 N–H and O–H groups in total. The summed E-state index contributed by atoms with van der Waals surface area (Å²) in [5.74, 6) is 0.507. The van der Waals surface area contributed by atoms with Crippen molar-refractivity contribution in [3.63, 3.8) is 0 Å². The summed E-state index contributed by atoms with van der Waals surface area (Å²) in [6.45, 7) is 2.92. The lowest BCUT2D eigenvalue weighted by molar-refractivity contribution is -0.129. The Balaban J connectivity index is 1.47. The molecule has 3 rings (SSSR count). The highest BCUT2D eigenvalue weighted by Gasteiger charge is 2.25. The SMILES string of the molecule is CC(=O)N1CCCC1CCNC(=O)Nc1cnc2[nH]ccc2n1. The molecule has 2 aromatic rings. The van der Waals surface area contributed by atoms with Crippen LogP contribution in [0.2, 0.25) is 0 Å². The number of amides is 3. The van der Waals surface area contributed by atoms with Gasteiger partial charge in [-0.15, -0.1) is 0 Å². The average Bonchev–Trinajstić information content (AvgIpc) is 3.15. The van der Waals surface area contributed by atoms with Crippen LogP contribution in [-0.2, 0) is 4.79 Å². The monoisotopic (exact) mass is 316 g/mol. The number of carbonyl (C=O) groups is 2. The van der Waals surface area contributed by atoms with Gasteiger partial charge >= 0.3 is 6.03 Å². The summed E-state index contributed by atoms with van der Waals surface area (Å²) in [7, 11) is 0. The van der Waals surface area contributed by atoms with Crippen LogP contribution in [0.1, 0.15) is 26.2 Å². The van der Waals surface area contributed by atoms with E-state index in [9.17, 15) is 9.59 Å². The third-order valence-electron chi connectivity index (χ3n) is 4.05. The number of rotatable bonds is 4. The summed E-state index contributed by atoms with van der Waals surface area (Å²) in [6.07, 6.45) is 6.04. The maximum atomic E-state index is 11.9. The van der Waals surface area contributed by atoms with Crippen molar-refractivity contribution in [2.75, 3.05) is 18.4 Å². The number of carbonyl (C=O) groups excluding carboxylic acids is 2. The van der Waals surface area contributed by atoms with Crippen LogP contribution in [-0.4, -0.2) is 50.9 Å². The molecule has 1 saturated heterocycles. The van der Waals surface area contributed by atoms with Crippen molar-refractivity contribution in [1.82, 2.24) is 25.2 Å². The van der Waals surface area contributed by atoms with Gasteiger partial charge in [0.05, 0.1) is 6.20 Å². The van der Waals surface area contributed by atoms with Crippen LogP contribution in [0.25, 0.3) is 11.2 Å². The van der Waals surface area contributed by atoms with Crippen LogP contribution in [0.5, 0.6) is 0 Å². The molecule has 1 aliphatic heterocycles. The highest BCUT2D eigenvalue weighted by Crippen LogP contribution is 2.19. The van der Waals surface area contributed by atoms with Gasteiger partial charge in [0.25, 0.3) is 0 Å². The Bertz CT molecular complexity index is 713. The van der Waals surface area contributed by atoms with E-state index < -0.39 is 0 Å². The van der Waals surface area contributed by atoms with Gasteiger partial charge in [-0.25, -0.2) is 14.8 Å². The van der Waals surface area contributed by atoms with E-state index in [1.165, 1.54) is 6.20 Å².